The zero-order valence-electron chi connectivity index (χ0n) is 10.9. The lowest BCUT2D eigenvalue weighted by Crippen LogP contribution is -2.62. The monoisotopic (exact) mass is 228 g/mol. The summed E-state index contributed by atoms with van der Waals surface area (Å²) < 4.78 is 0. The smallest absolute Gasteiger partial charge is 0.137 e. The molecule has 0 spiro atoms. The predicted molar refractivity (Wildman–Crippen MR) is 68.8 cm³/mol. The molecule has 0 aromatic heterocycles. The molecule has 3 aliphatic carbocycles. The number of fused-ring (bicyclic) bond motifs is 2. The molecule has 0 aliphatic heterocycles. The van der Waals surface area contributed by atoms with Crippen LogP contribution in [0.1, 0.15) is 39.2 Å². The molecular formula is C16H20O. The van der Waals surface area contributed by atoms with E-state index in [2.05, 4.69) is 45.0 Å². The Bertz CT molecular complexity index is 460. The Kier molecular flexibility index (Phi) is 2.08. The minimum absolute atomic E-state index is 0.0522. The number of hydrogen-bond donors (Lipinski definition) is 0. The van der Waals surface area contributed by atoms with Crippen LogP contribution < -0.4 is 0 Å². The van der Waals surface area contributed by atoms with Crippen LogP contribution in [0.2, 0.25) is 0 Å². The number of benzene rings is 1. The molecule has 1 aromatic rings. The summed E-state index contributed by atoms with van der Waals surface area (Å²) in [4.78, 5) is 12.2. The van der Waals surface area contributed by atoms with Crippen molar-refractivity contribution in [2.24, 2.45) is 17.3 Å². The summed E-state index contributed by atoms with van der Waals surface area (Å²) in [6.07, 6.45) is 1.83. The molecule has 4 rings (SSSR count). The normalized spacial score (nSPS) is 38.6. The lowest BCUT2D eigenvalue weighted by Gasteiger charge is -2.63. The summed E-state index contributed by atoms with van der Waals surface area (Å²) in [6, 6.07) is 10.6. The molecule has 1 nitrogen and oxygen atoms in total. The largest absolute Gasteiger partial charge is 0.299 e. The molecule has 0 N–H and O–H groups in total. The van der Waals surface area contributed by atoms with Gasteiger partial charge in [0.25, 0.3) is 0 Å². The molecule has 0 amide bonds. The summed E-state index contributed by atoms with van der Waals surface area (Å²) >= 11 is 0. The molecule has 1 heteroatoms. The van der Waals surface area contributed by atoms with E-state index in [4.69, 9.17) is 0 Å². The molecule has 90 valence electrons. The summed E-state index contributed by atoms with van der Waals surface area (Å²) in [5.74, 6) is 1.45. The maximum atomic E-state index is 12.2. The molecular weight excluding hydrogens is 208 g/mol. The summed E-state index contributed by atoms with van der Waals surface area (Å²) in [6.45, 7) is 6.82. The second-order valence-electron chi connectivity index (χ2n) is 6.59. The van der Waals surface area contributed by atoms with Crippen molar-refractivity contribution < 1.29 is 4.79 Å². The minimum Gasteiger partial charge on any atom is -0.299 e. The van der Waals surface area contributed by atoms with E-state index in [1.165, 1.54) is 5.56 Å². The zero-order valence-corrected chi connectivity index (χ0v) is 10.9. The van der Waals surface area contributed by atoms with Crippen molar-refractivity contribution in [1.82, 2.24) is 0 Å². The van der Waals surface area contributed by atoms with Crippen LogP contribution in [0.5, 0.6) is 0 Å². The van der Waals surface area contributed by atoms with E-state index in [1.807, 2.05) is 6.07 Å². The van der Waals surface area contributed by atoms with Gasteiger partial charge in [-0.2, -0.15) is 0 Å². The van der Waals surface area contributed by atoms with Crippen LogP contribution in [-0.2, 0) is 10.2 Å². The van der Waals surface area contributed by atoms with Gasteiger partial charge in [-0.3, -0.25) is 4.79 Å². The Balaban J connectivity index is 2.06. The van der Waals surface area contributed by atoms with Gasteiger partial charge in [-0.05, 0) is 23.3 Å². The molecule has 3 saturated carbocycles. The van der Waals surface area contributed by atoms with E-state index in [1.54, 1.807) is 0 Å². The van der Waals surface area contributed by atoms with Gasteiger partial charge in [-0.25, -0.2) is 0 Å². The summed E-state index contributed by atoms with van der Waals surface area (Å²) in [5.41, 5.74) is 1.58. The topological polar surface area (TPSA) is 17.1 Å². The highest BCUT2D eigenvalue weighted by Gasteiger charge is 2.63. The Hall–Kier alpha value is -1.11. The highest BCUT2D eigenvalue weighted by atomic mass is 16.1. The Morgan fingerprint density at radius 3 is 2.29 bits per heavy atom. The third kappa shape index (κ3) is 1.28. The summed E-state index contributed by atoms with van der Waals surface area (Å²) in [7, 11) is 0. The first-order chi connectivity index (χ1) is 7.96. The molecule has 3 atom stereocenters. The number of carbonyl (C=O) groups excluding carboxylic acids is 1. The fourth-order valence-corrected chi connectivity index (χ4v) is 4.28. The number of hydrogen-bond acceptors (Lipinski definition) is 1. The number of carbonyl (C=O) groups is 1. The number of ketones is 1. The predicted octanol–water partition coefficient (Wildman–Crippen LogP) is 3.58. The van der Waals surface area contributed by atoms with Gasteiger partial charge in [0, 0.05) is 17.8 Å². The van der Waals surface area contributed by atoms with Crippen molar-refractivity contribution in [3.63, 3.8) is 0 Å². The Morgan fingerprint density at radius 1 is 1.12 bits per heavy atom. The van der Waals surface area contributed by atoms with Crippen molar-refractivity contribution in [2.75, 3.05) is 0 Å². The van der Waals surface area contributed by atoms with Crippen LogP contribution in [0.15, 0.2) is 30.3 Å². The van der Waals surface area contributed by atoms with Gasteiger partial charge in [0.1, 0.15) is 5.78 Å². The van der Waals surface area contributed by atoms with Crippen LogP contribution in [-0.4, -0.2) is 5.78 Å². The van der Waals surface area contributed by atoms with Crippen LogP contribution in [0.3, 0.4) is 0 Å². The van der Waals surface area contributed by atoms with Gasteiger partial charge in [0.05, 0.1) is 0 Å². The van der Waals surface area contributed by atoms with Gasteiger partial charge in [-0.1, -0.05) is 51.1 Å². The molecule has 3 aliphatic rings. The highest BCUT2D eigenvalue weighted by molar-refractivity contribution is 5.86. The second-order valence-corrected chi connectivity index (χ2v) is 6.59. The third-order valence-electron chi connectivity index (χ3n) is 5.40. The molecule has 3 fully saturated rings. The maximum Gasteiger partial charge on any atom is 0.137 e. The standard InChI is InChI=1S/C16H20O/c1-15(2)12-9-14(15)16(3,10-13(12)17)11-7-5-4-6-8-11/h4-8,12,14H,9-10H2,1-3H3/t12?,14?,16-/m0/s1. The van der Waals surface area contributed by atoms with Crippen molar-refractivity contribution in [1.29, 1.82) is 0 Å². The first kappa shape index (κ1) is 11.0. The fourth-order valence-electron chi connectivity index (χ4n) is 4.28. The van der Waals surface area contributed by atoms with E-state index < -0.39 is 0 Å². The first-order valence-corrected chi connectivity index (χ1v) is 6.54. The van der Waals surface area contributed by atoms with Crippen LogP contribution >= 0.6 is 0 Å². The van der Waals surface area contributed by atoms with Crippen molar-refractivity contribution in [2.45, 2.75) is 39.0 Å². The van der Waals surface area contributed by atoms with E-state index in [9.17, 15) is 4.79 Å². The minimum atomic E-state index is 0.0522. The average molecular weight is 228 g/mol. The van der Waals surface area contributed by atoms with Crippen molar-refractivity contribution in [3.05, 3.63) is 35.9 Å². The Labute approximate surface area is 103 Å². The average Bonchev–Trinajstić information content (AvgIpc) is 2.28. The molecule has 2 bridgehead atoms. The number of rotatable bonds is 1. The van der Waals surface area contributed by atoms with Gasteiger partial charge in [-0.15, -0.1) is 0 Å². The summed E-state index contributed by atoms with van der Waals surface area (Å²) in [5, 5.41) is 0. The fraction of sp³-hybridized carbons (Fsp3) is 0.562. The molecule has 2 unspecified atom stereocenters. The van der Waals surface area contributed by atoms with Crippen LogP contribution in [0.4, 0.5) is 0 Å². The number of Topliss-reactive ketones (excluding diaryl/α,β-unsaturated/α-hetero) is 1. The van der Waals surface area contributed by atoms with Crippen molar-refractivity contribution >= 4 is 5.78 Å². The quantitative estimate of drug-likeness (QED) is 0.718. The second kappa shape index (κ2) is 3.22. The van der Waals surface area contributed by atoms with Crippen molar-refractivity contribution in [3.8, 4) is 0 Å². The van der Waals surface area contributed by atoms with Crippen LogP contribution in [0, 0.1) is 17.3 Å². The van der Waals surface area contributed by atoms with E-state index in [0.717, 1.165) is 12.8 Å². The van der Waals surface area contributed by atoms with Gasteiger partial charge in [0.2, 0.25) is 0 Å². The molecule has 0 saturated heterocycles. The zero-order chi connectivity index (χ0) is 12.3. The van der Waals surface area contributed by atoms with Gasteiger partial charge in [0.15, 0.2) is 0 Å². The van der Waals surface area contributed by atoms with Gasteiger partial charge >= 0.3 is 0 Å². The lowest BCUT2D eigenvalue weighted by molar-refractivity contribution is -0.161. The SMILES string of the molecule is CC1(C)C2CC1[C@](C)(c1ccccc1)CC2=O. The van der Waals surface area contributed by atoms with E-state index >= 15 is 0 Å². The molecule has 1 aromatic carbocycles. The Morgan fingerprint density at radius 2 is 1.76 bits per heavy atom. The van der Waals surface area contributed by atoms with E-state index in [0.29, 0.717) is 17.6 Å². The third-order valence-corrected chi connectivity index (χ3v) is 5.40. The highest BCUT2D eigenvalue weighted by Crippen LogP contribution is 2.64. The van der Waals surface area contributed by atoms with E-state index in [-0.39, 0.29) is 10.8 Å². The molecule has 0 radical (unpaired) electrons. The maximum absolute atomic E-state index is 12.2. The van der Waals surface area contributed by atoms with Crippen LogP contribution in [0.25, 0.3) is 0 Å². The first-order valence-electron chi connectivity index (χ1n) is 6.54. The molecule has 0 heterocycles. The molecule has 17 heavy (non-hydrogen) atoms. The van der Waals surface area contributed by atoms with Gasteiger partial charge < -0.3 is 0 Å². The lowest BCUT2D eigenvalue weighted by atomic mass is 9.39.